The summed E-state index contributed by atoms with van der Waals surface area (Å²) in [5, 5.41) is 12.7. The molecule has 2 aromatic carbocycles. The monoisotopic (exact) mass is 880 g/mol. The van der Waals surface area contributed by atoms with Gasteiger partial charge in [-0.2, -0.15) is 5.26 Å². The highest BCUT2D eigenvalue weighted by atomic mass is 16.5. The number of nitrogens with zero attached hydrogens (tertiary/aromatic N) is 6. The third-order valence-electron chi connectivity index (χ3n) is 14.7. The van der Waals surface area contributed by atoms with Gasteiger partial charge >= 0.3 is 0 Å². The molecule has 338 valence electrons. The molecule has 4 fully saturated rings. The minimum absolute atomic E-state index is 0.0381. The first-order valence-corrected chi connectivity index (χ1v) is 22.8. The molecule has 2 saturated carbocycles. The second-order valence-electron chi connectivity index (χ2n) is 19.9. The number of amides is 5. The minimum Gasteiger partial charge on any atom is -0.490 e. The molecule has 2 aromatic heterocycles. The lowest BCUT2D eigenvalue weighted by Crippen LogP contribution is -2.64. The Balaban J connectivity index is 0.818. The Labute approximate surface area is 378 Å². The minimum atomic E-state index is -1.01. The fourth-order valence-corrected chi connectivity index (χ4v) is 11.7. The van der Waals surface area contributed by atoms with Crippen LogP contribution in [0.2, 0.25) is 0 Å². The number of nitrogens with two attached hydrogens (primary N) is 1. The van der Waals surface area contributed by atoms with Crippen molar-refractivity contribution in [3.8, 4) is 17.6 Å². The summed E-state index contributed by atoms with van der Waals surface area (Å²) >= 11 is 0. The highest BCUT2D eigenvalue weighted by Crippen LogP contribution is 2.65. The van der Waals surface area contributed by atoms with E-state index in [1.807, 2.05) is 30.3 Å². The van der Waals surface area contributed by atoms with Crippen LogP contribution in [0.3, 0.4) is 0 Å². The lowest BCUT2D eigenvalue weighted by molar-refractivity contribution is -0.161. The summed E-state index contributed by atoms with van der Waals surface area (Å²) in [5.41, 5.74) is 7.80. The predicted molar refractivity (Wildman–Crippen MR) is 241 cm³/mol. The molecular weight excluding hydrogens is 825 g/mol. The number of pyridine rings is 2. The number of nitrogens with one attached hydrogen (secondary N) is 1. The number of carbonyl (C=O) groups excluding carboxylic acids is 5. The molecule has 65 heavy (non-hydrogen) atoms. The van der Waals surface area contributed by atoms with Crippen molar-refractivity contribution in [2.45, 2.75) is 116 Å². The first kappa shape index (κ1) is 43.8. The van der Waals surface area contributed by atoms with E-state index in [-0.39, 0.29) is 42.1 Å². The number of fused-ring (bicyclic) bond motifs is 2. The van der Waals surface area contributed by atoms with Crippen molar-refractivity contribution in [3.63, 3.8) is 0 Å². The number of primary amides is 1. The molecule has 4 aromatic rings. The molecular formula is C50H56N8O7. The van der Waals surface area contributed by atoms with Gasteiger partial charge in [-0.15, -0.1) is 0 Å². The summed E-state index contributed by atoms with van der Waals surface area (Å²) in [5.74, 6) is -0.280. The van der Waals surface area contributed by atoms with Crippen LogP contribution in [0.25, 0.3) is 10.9 Å². The Morgan fingerprint density at radius 3 is 2.35 bits per heavy atom. The summed E-state index contributed by atoms with van der Waals surface area (Å²) in [6.07, 6.45) is 5.23. The lowest BCUT2D eigenvalue weighted by atomic mass is 9.44. The van der Waals surface area contributed by atoms with E-state index in [0.717, 1.165) is 61.4 Å². The summed E-state index contributed by atoms with van der Waals surface area (Å²) in [6, 6.07) is 17.9. The normalized spacial score (nSPS) is 24.9. The van der Waals surface area contributed by atoms with E-state index >= 15 is 0 Å². The van der Waals surface area contributed by atoms with Gasteiger partial charge in [0.25, 0.3) is 17.7 Å². The van der Waals surface area contributed by atoms with Gasteiger partial charge in [-0.3, -0.25) is 44.1 Å². The molecule has 9 rings (SSSR count). The highest BCUT2D eigenvalue weighted by Gasteiger charge is 2.65. The SMILES string of the molecule is CC(C)N(CC1CCN(c2ccc(C(N)=O)c(C3C(C)(C)C(Oc4ccc(C#N)c5ncccc45)C3(C)C)n2)CC1)C1CC(Oc2ccc3c(c2)C(=O)N(C2CCC(=O)NC2=O)C3=O)C1. The van der Waals surface area contributed by atoms with Crippen LogP contribution in [-0.4, -0.2) is 99.3 Å². The van der Waals surface area contributed by atoms with Crippen LogP contribution in [0.1, 0.15) is 128 Å². The fraction of sp³-hybridized carbons (Fsp3) is 0.480. The third kappa shape index (κ3) is 7.65. The largest absolute Gasteiger partial charge is 0.490 e. The van der Waals surface area contributed by atoms with Gasteiger partial charge in [0, 0.05) is 79.3 Å². The van der Waals surface area contributed by atoms with E-state index in [4.69, 9.17) is 20.2 Å². The van der Waals surface area contributed by atoms with Gasteiger partial charge in [0.05, 0.1) is 33.5 Å². The summed E-state index contributed by atoms with van der Waals surface area (Å²) in [6.45, 7) is 15.7. The zero-order valence-electron chi connectivity index (χ0n) is 37.8. The molecule has 2 aliphatic carbocycles. The van der Waals surface area contributed by atoms with Crippen LogP contribution in [0, 0.1) is 28.1 Å². The summed E-state index contributed by atoms with van der Waals surface area (Å²) in [4.78, 5) is 79.2. The number of anilines is 1. The Bertz CT molecular complexity index is 2640. The number of hydrogen-bond acceptors (Lipinski definition) is 12. The van der Waals surface area contributed by atoms with Gasteiger partial charge in [0.2, 0.25) is 11.8 Å². The molecule has 1 atom stereocenters. The highest BCUT2D eigenvalue weighted by molar-refractivity contribution is 6.23. The predicted octanol–water partition coefficient (Wildman–Crippen LogP) is 6.14. The van der Waals surface area contributed by atoms with Gasteiger partial charge in [-0.1, -0.05) is 27.7 Å². The van der Waals surface area contributed by atoms with Crippen LogP contribution in [0.15, 0.2) is 60.8 Å². The standard InChI is InChI=1S/C50H56N8O7/c1-27(2)57(30-22-32(23-30)64-31-10-11-33-36(24-31)47(63)58(46(33)62)37-13-16-40(59)55-45(37)61)26-28-17-20-56(21-18-28)39-15-12-35(44(52)60)42(54-39)43-49(3,4)48(50(43,5)6)65-38-14-9-29(25-51)41-34(38)8-7-19-53-41/h7-12,14-15,19,24,27-28,30,32,37,43,48H,13,16-18,20-23,26H2,1-6H3,(H2,52,60)(H,55,59,61). The number of piperidine rings is 2. The van der Waals surface area contributed by atoms with E-state index in [1.54, 1.807) is 30.5 Å². The number of benzene rings is 2. The molecule has 3 N–H and O–H groups in total. The topological polar surface area (TPSA) is 201 Å². The van der Waals surface area contributed by atoms with E-state index < -0.39 is 46.4 Å². The summed E-state index contributed by atoms with van der Waals surface area (Å²) < 4.78 is 13.1. The van der Waals surface area contributed by atoms with Crippen LogP contribution >= 0.6 is 0 Å². The lowest BCUT2D eigenvalue weighted by Gasteiger charge is -2.63. The van der Waals surface area contributed by atoms with Gasteiger partial charge in [0.1, 0.15) is 41.6 Å². The number of carbonyl (C=O) groups is 5. The molecule has 2 saturated heterocycles. The molecule has 0 radical (unpaired) electrons. The average Bonchev–Trinajstić information content (AvgIpc) is 3.50. The van der Waals surface area contributed by atoms with Crippen LogP contribution in [0.4, 0.5) is 5.82 Å². The first-order chi connectivity index (χ1) is 31.0. The zero-order valence-corrected chi connectivity index (χ0v) is 37.8. The number of aromatic nitrogens is 2. The van der Waals surface area contributed by atoms with Crippen LogP contribution < -0.4 is 25.4 Å². The molecule has 15 heteroatoms. The van der Waals surface area contributed by atoms with Crippen LogP contribution in [-0.2, 0) is 9.59 Å². The molecule has 0 spiro atoms. The van der Waals surface area contributed by atoms with Gasteiger partial charge in [-0.25, -0.2) is 4.98 Å². The smallest absolute Gasteiger partial charge is 0.262 e. The average molecular weight is 881 g/mol. The van der Waals surface area contributed by atoms with E-state index in [0.29, 0.717) is 51.8 Å². The molecule has 3 aliphatic heterocycles. The van der Waals surface area contributed by atoms with E-state index in [1.165, 1.54) is 0 Å². The van der Waals surface area contributed by atoms with Crippen molar-refractivity contribution in [2.75, 3.05) is 24.5 Å². The Morgan fingerprint density at radius 1 is 0.954 bits per heavy atom. The van der Waals surface area contributed by atoms with E-state index in [2.05, 4.69) is 67.7 Å². The number of ether oxygens (including phenoxy) is 2. The van der Waals surface area contributed by atoms with Gasteiger partial charge in [-0.05, 0) is 93.6 Å². The molecule has 5 heterocycles. The molecule has 5 amide bonds. The maximum absolute atomic E-state index is 13.4. The first-order valence-electron chi connectivity index (χ1n) is 22.8. The zero-order chi connectivity index (χ0) is 46.1. The number of rotatable bonds is 12. The van der Waals surface area contributed by atoms with Gasteiger partial charge < -0.3 is 20.1 Å². The Hall–Kier alpha value is -6.40. The van der Waals surface area contributed by atoms with Gasteiger partial charge in [0.15, 0.2) is 0 Å². The second kappa shape index (κ2) is 16.5. The van der Waals surface area contributed by atoms with Crippen molar-refractivity contribution >= 4 is 46.3 Å². The van der Waals surface area contributed by atoms with Crippen molar-refractivity contribution < 1.29 is 33.4 Å². The van der Waals surface area contributed by atoms with Crippen molar-refractivity contribution in [2.24, 2.45) is 22.5 Å². The number of nitriles is 1. The number of imide groups is 2. The number of hydrogen-bond donors (Lipinski definition) is 2. The second-order valence-corrected chi connectivity index (χ2v) is 19.9. The molecule has 15 nitrogen and oxygen atoms in total. The molecule has 5 aliphatic rings. The van der Waals surface area contributed by atoms with Crippen molar-refractivity contribution in [1.82, 2.24) is 25.1 Å². The fourth-order valence-electron chi connectivity index (χ4n) is 11.7. The van der Waals surface area contributed by atoms with Crippen molar-refractivity contribution in [1.29, 1.82) is 5.26 Å². The Kier molecular flexibility index (Phi) is 11.2. The van der Waals surface area contributed by atoms with Crippen LogP contribution in [0.5, 0.6) is 11.5 Å². The van der Waals surface area contributed by atoms with Crippen molar-refractivity contribution in [3.05, 3.63) is 88.7 Å². The quantitative estimate of drug-likeness (QED) is 0.154. The molecule has 0 bridgehead atoms. The molecule has 1 unspecified atom stereocenters. The maximum Gasteiger partial charge on any atom is 0.262 e. The maximum atomic E-state index is 13.4. The summed E-state index contributed by atoms with van der Waals surface area (Å²) in [7, 11) is 0. The Morgan fingerprint density at radius 2 is 1.68 bits per heavy atom. The van der Waals surface area contributed by atoms with E-state index in [9.17, 15) is 29.2 Å². The third-order valence-corrected chi connectivity index (χ3v) is 14.7.